The zero-order valence-corrected chi connectivity index (χ0v) is 9.89. The van der Waals surface area contributed by atoms with E-state index in [1.165, 1.54) is 0 Å². The van der Waals surface area contributed by atoms with Crippen LogP contribution in [-0.2, 0) is 6.18 Å². The topological polar surface area (TPSA) is 113 Å². The molecule has 2 rings (SSSR count). The highest BCUT2D eigenvalue weighted by atomic mass is 19.4. The Labute approximate surface area is 112 Å². The second kappa shape index (κ2) is 4.58. The fourth-order valence-electron chi connectivity index (χ4n) is 1.72. The summed E-state index contributed by atoms with van der Waals surface area (Å²) in [6.07, 6.45) is -4.73. The molecule has 0 atom stereocenters. The van der Waals surface area contributed by atoms with Gasteiger partial charge in [0.1, 0.15) is 0 Å². The number of nitrogens with one attached hydrogen (secondary N) is 1. The number of nitro groups is 1. The SMILES string of the molecule is O=c1[nH]c2cc(C(F)(F)F)ccc2c(=O)c(O)c1[N+](=O)[O-]. The number of hydrogen-bond donors (Lipinski definition) is 2. The minimum Gasteiger partial charge on any atom is -0.499 e. The number of aromatic amines is 1. The summed E-state index contributed by atoms with van der Waals surface area (Å²) in [4.78, 5) is 34.5. The number of benzene rings is 1. The van der Waals surface area contributed by atoms with Crippen molar-refractivity contribution in [2.45, 2.75) is 6.18 Å². The molecule has 0 amide bonds. The Morgan fingerprint density at radius 2 is 1.86 bits per heavy atom. The van der Waals surface area contributed by atoms with Gasteiger partial charge in [0.2, 0.25) is 11.2 Å². The molecular weight excluding hydrogens is 297 g/mol. The van der Waals surface area contributed by atoms with Crippen molar-refractivity contribution >= 4 is 16.6 Å². The molecule has 0 unspecified atom stereocenters. The van der Waals surface area contributed by atoms with Crippen LogP contribution in [0.2, 0.25) is 0 Å². The van der Waals surface area contributed by atoms with Crippen molar-refractivity contribution < 1.29 is 23.2 Å². The molecule has 0 fully saturated rings. The zero-order chi connectivity index (χ0) is 15.9. The molecule has 0 saturated heterocycles. The molecule has 1 aromatic carbocycles. The number of hydrogen-bond acceptors (Lipinski definition) is 5. The van der Waals surface area contributed by atoms with Gasteiger partial charge in [-0.3, -0.25) is 19.7 Å². The minimum absolute atomic E-state index is 0.460. The van der Waals surface area contributed by atoms with Gasteiger partial charge in [0, 0.05) is 5.39 Å². The smallest absolute Gasteiger partial charge is 0.416 e. The van der Waals surface area contributed by atoms with Gasteiger partial charge >= 0.3 is 17.4 Å². The third-order valence-corrected chi connectivity index (χ3v) is 2.68. The zero-order valence-electron chi connectivity index (χ0n) is 9.89. The van der Waals surface area contributed by atoms with E-state index >= 15 is 0 Å². The Bertz CT molecular complexity index is 872. The summed E-state index contributed by atoms with van der Waals surface area (Å²) < 4.78 is 37.7. The molecule has 0 spiro atoms. The fraction of sp³-hybridized carbons (Fsp3) is 0.0909. The predicted molar refractivity (Wildman–Crippen MR) is 64.2 cm³/mol. The van der Waals surface area contributed by atoms with E-state index in [2.05, 4.69) is 0 Å². The molecule has 7 nitrogen and oxygen atoms in total. The van der Waals surface area contributed by atoms with Crippen LogP contribution in [0.4, 0.5) is 18.9 Å². The van der Waals surface area contributed by atoms with Crippen LogP contribution in [-0.4, -0.2) is 15.0 Å². The molecule has 0 aliphatic carbocycles. The molecule has 2 N–H and O–H groups in total. The van der Waals surface area contributed by atoms with Gasteiger partial charge in [-0.25, -0.2) is 0 Å². The van der Waals surface area contributed by atoms with E-state index in [-0.39, 0.29) is 0 Å². The monoisotopic (exact) mass is 302 g/mol. The molecule has 0 radical (unpaired) electrons. The Hall–Kier alpha value is -2.91. The Morgan fingerprint density at radius 3 is 2.38 bits per heavy atom. The van der Waals surface area contributed by atoms with Crippen molar-refractivity contribution in [1.82, 2.24) is 4.98 Å². The summed E-state index contributed by atoms with van der Waals surface area (Å²) >= 11 is 0. The van der Waals surface area contributed by atoms with Crippen molar-refractivity contribution in [3.8, 4) is 5.75 Å². The lowest BCUT2D eigenvalue weighted by atomic mass is 10.1. The van der Waals surface area contributed by atoms with Crippen LogP contribution in [0.3, 0.4) is 0 Å². The molecule has 110 valence electrons. The van der Waals surface area contributed by atoms with E-state index in [4.69, 9.17) is 0 Å². The van der Waals surface area contributed by atoms with Crippen LogP contribution < -0.4 is 11.0 Å². The normalized spacial score (nSPS) is 11.6. The Balaban J connectivity index is 3.01. The molecule has 1 heterocycles. The molecular formula is C11H5F3N2O5. The number of aromatic hydroxyl groups is 1. The molecule has 10 heteroatoms. The molecule has 0 aliphatic heterocycles. The number of halogens is 3. The summed E-state index contributed by atoms with van der Waals surface area (Å²) in [6.45, 7) is 0. The highest BCUT2D eigenvalue weighted by Gasteiger charge is 2.31. The van der Waals surface area contributed by atoms with Gasteiger partial charge in [-0.05, 0) is 18.2 Å². The molecule has 1 aromatic heterocycles. The van der Waals surface area contributed by atoms with E-state index in [0.717, 1.165) is 6.07 Å². The second-order valence-corrected chi connectivity index (χ2v) is 4.00. The van der Waals surface area contributed by atoms with Crippen molar-refractivity contribution in [3.05, 3.63) is 54.5 Å². The van der Waals surface area contributed by atoms with Gasteiger partial charge in [0.15, 0.2) is 0 Å². The summed E-state index contributed by atoms with van der Waals surface area (Å²) in [5, 5.41) is 19.6. The Morgan fingerprint density at radius 1 is 1.24 bits per heavy atom. The number of alkyl halides is 3. The van der Waals surface area contributed by atoms with Crippen molar-refractivity contribution in [1.29, 1.82) is 0 Å². The first-order chi connectivity index (χ1) is 9.62. The quantitative estimate of drug-likeness (QED) is 0.612. The average molecular weight is 302 g/mol. The number of nitrogens with zero attached hydrogens (tertiary/aromatic N) is 1. The van der Waals surface area contributed by atoms with E-state index < -0.39 is 50.0 Å². The molecule has 0 bridgehead atoms. The maximum atomic E-state index is 12.6. The minimum atomic E-state index is -4.73. The van der Waals surface area contributed by atoms with Crippen molar-refractivity contribution in [2.75, 3.05) is 0 Å². The highest BCUT2D eigenvalue weighted by molar-refractivity contribution is 5.80. The van der Waals surface area contributed by atoms with E-state index in [0.29, 0.717) is 12.1 Å². The maximum Gasteiger partial charge on any atom is 0.416 e. The van der Waals surface area contributed by atoms with Gasteiger partial charge in [0.25, 0.3) is 0 Å². The maximum absolute atomic E-state index is 12.6. The number of aromatic nitrogens is 1. The lowest BCUT2D eigenvalue weighted by Crippen LogP contribution is -2.09. The summed E-state index contributed by atoms with van der Waals surface area (Å²) in [7, 11) is 0. The summed E-state index contributed by atoms with van der Waals surface area (Å²) in [5.74, 6) is -1.43. The van der Waals surface area contributed by atoms with E-state index in [1.54, 1.807) is 0 Å². The first kappa shape index (κ1) is 14.5. The largest absolute Gasteiger partial charge is 0.499 e. The standard InChI is InChI=1S/C11H5F3N2O5/c12-11(13,14)4-1-2-5-6(3-4)15-10(19)7(16(20)21)9(18)8(5)17/h1-3H,(H,15,19)(H,17,18). The van der Waals surface area contributed by atoms with Crippen LogP contribution in [0.25, 0.3) is 10.9 Å². The third-order valence-electron chi connectivity index (χ3n) is 2.68. The number of fused-ring (bicyclic) bond motifs is 1. The molecule has 2 aromatic rings. The predicted octanol–water partition coefficient (Wildman–Crippen LogP) is 1.52. The van der Waals surface area contributed by atoms with E-state index in [1.807, 2.05) is 4.98 Å². The first-order valence-corrected chi connectivity index (χ1v) is 5.28. The molecule has 21 heavy (non-hydrogen) atoms. The van der Waals surface area contributed by atoms with Gasteiger partial charge in [-0.1, -0.05) is 0 Å². The van der Waals surface area contributed by atoms with Gasteiger partial charge < -0.3 is 10.1 Å². The van der Waals surface area contributed by atoms with Crippen molar-refractivity contribution in [3.63, 3.8) is 0 Å². The number of rotatable bonds is 1. The van der Waals surface area contributed by atoms with Crippen LogP contribution >= 0.6 is 0 Å². The summed E-state index contributed by atoms with van der Waals surface area (Å²) in [6, 6.07) is 1.74. The third kappa shape index (κ3) is 2.42. The molecule has 0 aliphatic rings. The first-order valence-electron chi connectivity index (χ1n) is 5.28. The van der Waals surface area contributed by atoms with Gasteiger partial charge in [-0.15, -0.1) is 0 Å². The molecule has 0 saturated carbocycles. The summed E-state index contributed by atoms with van der Waals surface area (Å²) in [5.41, 5.74) is -5.95. The second-order valence-electron chi connectivity index (χ2n) is 4.00. The number of H-pyrrole nitrogens is 1. The van der Waals surface area contributed by atoms with Crippen LogP contribution in [0.5, 0.6) is 5.75 Å². The van der Waals surface area contributed by atoms with Crippen molar-refractivity contribution in [2.24, 2.45) is 0 Å². The van der Waals surface area contributed by atoms with Gasteiger partial charge in [0.05, 0.1) is 16.0 Å². The van der Waals surface area contributed by atoms with Crippen LogP contribution in [0, 0.1) is 10.1 Å². The fourth-order valence-corrected chi connectivity index (χ4v) is 1.72. The van der Waals surface area contributed by atoms with Crippen LogP contribution in [0.15, 0.2) is 27.8 Å². The lowest BCUT2D eigenvalue weighted by molar-refractivity contribution is -0.387. The highest BCUT2D eigenvalue weighted by Crippen LogP contribution is 2.30. The van der Waals surface area contributed by atoms with Gasteiger partial charge in [-0.2, -0.15) is 13.2 Å². The Kier molecular flexibility index (Phi) is 3.16. The van der Waals surface area contributed by atoms with E-state index in [9.17, 15) is 38.0 Å². The lowest BCUT2D eigenvalue weighted by Gasteiger charge is -2.05. The average Bonchev–Trinajstić information content (AvgIpc) is 2.44. The van der Waals surface area contributed by atoms with Crippen LogP contribution in [0.1, 0.15) is 5.56 Å².